The lowest BCUT2D eigenvalue weighted by Crippen LogP contribution is -2.53. The maximum Gasteiger partial charge on any atom is 0.237 e. The number of hydrogen-bond acceptors (Lipinski definition) is 5. The minimum absolute atomic E-state index is 0.0371. The van der Waals surface area contributed by atoms with Crippen molar-refractivity contribution in [1.82, 2.24) is 9.80 Å². The minimum Gasteiger partial charge on any atom is -0.378 e. The van der Waals surface area contributed by atoms with Gasteiger partial charge in [-0.3, -0.25) is 14.5 Å². The number of ether oxygens (including phenoxy) is 1. The van der Waals surface area contributed by atoms with Crippen LogP contribution >= 0.6 is 0 Å². The number of carbonyl (C=O) groups is 2. The zero-order chi connectivity index (χ0) is 14.3. The van der Waals surface area contributed by atoms with Crippen LogP contribution in [0, 0.1) is 11.3 Å². The molecule has 2 amide bonds. The number of amides is 2. The molecule has 0 aromatic carbocycles. The molecule has 0 bridgehead atoms. The lowest BCUT2D eigenvalue weighted by atomic mass is 10.2. The minimum atomic E-state index is -0.453. The molecular formula is C12H20N4O3. The highest BCUT2D eigenvalue weighted by atomic mass is 16.5. The first-order chi connectivity index (χ1) is 9.06. The normalized spacial score (nSPS) is 19.7. The summed E-state index contributed by atoms with van der Waals surface area (Å²) in [5.74, 6) is -0.463. The van der Waals surface area contributed by atoms with Crippen molar-refractivity contribution in [3.63, 3.8) is 0 Å². The van der Waals surface area contributed by atoms with E-state index in [9.17, 15) is 9.59 Å². The Labute approximate surface area is 112 Å². The summed E-state index contributed by atoms with van der Waals surface area (Å²) in [5, 5.41) is 8.47. The molecule has 1 aliphatic rings. The number of nitrogens with two attached hydrogens (primary N) is 1. The van der Waals surface area contributed by atoms with Gasteiger partial charge in [0.2, 0.25) is 11.8 Å². The topological polar surface area (TPSA) is 99.7 Å². The van der Waals surface area contributed by atoms with Crippen molar-refractivity contribution in [2.45, 2.75) is 18.9 Å². The Morgan fingerprint density at radius 3 is 2.95 bits per heavy atom. The average molecular weight is 268 g/mol. The second-order valence-corrected chi connectivity index (χ2v) is 4.50. The van der Waals surface area contributed by atoms with Crippen LogP contribution in [0.4, 0.5) is 0 Å². The zero-order valence-corrected chi connectivity index (χ0v) is 11.2. The van der Waals surface area contributed by atoms with Crippen LogP contribution in [0.15, 0.2) is 0 Å². The molecule has 0 saturated carbocycles. The van der Waals surface area contributed by atoms with Gasteiger partial charge >= 0.3 is 0 Å². The summed E-state index contributed by atoms with van der Waals surface area (Å²) in [7, 11) is 1.67. The van der Waals surface area contributed by atoms with E-state index in [1.807, 2.05) is 11.0 Å². The summed E-state index contributed by atoms with van der Waals surface area (Å²) in [4.78, 5) is 26.5. The number of nitrogens with zero attached hydrogens (tertiary/aromatic N) is 3. The molecule has 0 radical (unpaired) electrons. The van der Waals surface area contributed by atoms with Crippen LogP contribution in [-0.2, 0) is 14.3 Å². The number of hydrogen-bond donors (Lipinski definition) is 1. The quantitative estimate of drug-likeness (QED) is 0.661. The largest absolute Gasteiger partial charge is 0.378 e. The predicted octanol–water partition coefficient (Wildman–Crippen LogP) is -1.07. The summed E-state index contributed by atoms with van der Waals surface area (Å²) in [6, 6.07) is 1.55. The lowest BCUT2D eigenvalue weighted by Gasteiger charge is -2.33. The van der Waals surface area contributed by atoms with E-state index in [0.29, 0.717) is 39.1 Å². The highest BCUT2D eigenvalue weighted by molar-refractivity contribution is 5.80. The van der Waals surface area contributed by atoms with Crippen LogP contribution in [0.25, 0.3) is 0 Å². The number of carbonyl (C=O) groups excluding carboxylic acids is 2. The highest BCUT2D eigenvalue weighted by Gasteiger charge is 2.27. The van der Waals surface area contributed by atoms with E-state index in [0.717, 1.165) is 0 Å². The fourth-order valence-electron chi connectivity index (χ4n) is 1.94. The highest BCUT2D eigenvalue weighted by Crippen LogP contribution is 2.08. The third-order valence-corrected chi connectivity index (χ3v) is 3.17. The standard InChI is InChI=1S/C12H20N4O3/c1-15(5-2-4-13)11(17)3-6-16-7-8-19-9-10(16)12(14)18/h10H,2-3,5-9H2,1H3,(H2,14,18). The van der Waals surface area contributed by atoms with E-state index in [4.69, 9.17) is 15.7 Å². The fraction of sp³-hybridized carbons (Fsp3) is 0.750. The summed E-state index contributed by atoms with van der Waals surface area (Å²) in [5.41, 5.74) is 5.30. The SMILES string of the molecule is CN(CCC#N)C(=O)CCN1CCOCC1C(N)=O. The van der Waals surface area contributed by atoms with Crippen molar-refractivity contribution in [3.8, 4) is 6.07 Å². The first kappa shape index (κ1) is 15.4. The number of morpholine rings is 1. The molecule has 1 rings (SSSR count). The number of primary amides is 1. The molecule has 19 heavy (non-hydrogen) atoms. The molecule has 1 atom stereocenters. The summed E-state index contributed by atoms with van der Waals surface area (Å²) in [6.45, 7) is 2.34. The Hall–Kier alpha value is -1.65. The maximum atomic E-state index is 11.8. The van der Waals surface area contributed by atoms with Crippen molar-refractivity contribution in [1.29, 1.82) is 5.26 Å². The Balaban J connectivity index is 2.39. The molecular weight excluding hydrogens is 248 g/mol. The summed E-state index contributed by atoms with van der Waals surface area (Å²) in [6.07, 6.45) is 0.634. The van der Waals surface area contributed by atoms with Crippen LogP contribution in [0.5, 0.6) is 0 Å². The third kappa shape index (κ3) is 4.85. The summed E-state index contributed by atoms with van der Waals surface area (Å²) < 4.78 is 5.21. The van der Waals surface area contributed by atoms with Gasteiger partial charge in [0.15, 0.2) is 0 Å². The van der Waals surface area contributed by atoms with Gasteiger partial charge in [-0.25, -0.2) is 0 Å². The summed E-state index contributed by atoms with van der Waals surface area (Å²) >= 11 is 0. The van der Waals surface area contributed by atoms with Crippen LogP contribution in [-0.4, -0.2) is 67.6 Å². The molecule has 0 aromatic rings. The van der Waals surface area contributed by atoms with Crippen LogP contribution < -0.4 is 5.73 Å². The van der Waals surface area contributed by atoms with Crippen molar-refractivity contribution in [3.05, 3.63) is 0 Å². The first-order valence-corrected chi connectivity index (χ1v) is 6.28. The fourth-order valence-corrected chi connectivity index (χ4v) is 1.94. The molecule has 1 unspecified atom stereocenters. The first-order valence-electron chi connectivity index (χ1n) is 6.28. The molecule has 0 spiro atoms. The van der Waals surface area contributed by atoms with Gasteiger partial charge in [0.25, 0.3) is 0 Å². The zero-order valence-electron chi connectivity index (χ0n) is 11.2. The molecule has 1 fully saturated rings. The van der Waals surface area contributed by atoms with Gasteiger partial charge in [-0.05, 0) is 0 Å². The van der Waals surface area contributed by atoms with Gasteiger partial charge < -0.3 is 15.4 Å². The van der Waals surface area contributed by atoms with Gasteiger partial charge in [-0.15, -0.1) is 0 Å². The molecule has 0 aromatic heterocycles. The van der Waals surface area contributed by atoms with Gasteiger partial charge in [0.05, 0.1) is 25.7 Å². The van der Waals surface area contributed by atoms with E-state index < -0.39 is 11.9 Å². The average Bonchev–Trinajstić information content (AvgIpc) is 2.42. The Morgan fingerprint density at radius 2 is 2.32 bits per heavy atom. The maximum absolute atomic E-state index is 11.8. The van der Waals surface area contributed by atoms with Gasteiger partial charge in [-0.2, -0.15) is 5.26 Å². The van der Waals surface area contributed by atoms with Gasteiger partial charge in [0, 0.05) is 33.1 Å². The van der Waals surface area contributed by atoms with Crippen molar-refractivity contribution in [2.75, 3.05) is 39.9 Å². The van der Waals surface area contributed by atoms with Crippen LogP contribution in [0.1, 0.15) is 12.8 Å². The van der Waals surface area contributed by atoms with Crippen molar-refractivity contribution in [2.24, 2.45) is 5.73 Å². The number of nitriles is 1. The van der Waals surface area contributed by atoms with Crippen LogP contribution in [0.3, 0.4) is 0 Å². The van der Waals surface area contributed by atoms with Crippen molar-refractivity contribution < 1.29 is 14.3 Å². The Morgan fingerprint density at radius 1 is 1.58 bits per heavy atom. The Kier molecular flexibility index (Phi) is 6.25. The molecule has 2 N–H and O–H groups in total. The number of rotatable bonds is 6. The molecule has 0 aliphatic carbocycles. The van der Waals surface area contributed by atoms with E-state index in [1.165, 1.54) is 4.90 Å². The van der Waals surface area contributed by atoms with Crippen molar-refractivity contribution >= 4 is 11.8 Å². The van der Waals surface area contributed by atoms with Crippen LogP contribution in [0.2, 0.25) is 0 Å². The van der Waals surface area contributed by atoms with E-state index in [2.05, 4.69) is 0 Å². The second-order valence-electron chi connectivity index (χ2n) is 4.50. The monoisotopic (exact) mass is 268 g/mol. The molecule has 106 valence electrons. The molecule has 1 heterocycles. The molecule has 7 nitrogen and oxygen atoms in total. The predicted molar refractivity (Wildman–Crippen MR) is 67.9 cm³/mol. The molecule has 1 saturated heterocycles. The molecule has 7 heteroatoms. The third-order valence-electron chi connectivity index (χ3n) is 3.17. The van der Waals surface area contributed by atoms with E-state index >= 15 is 0 Å². The molecule has 1 aliphatic heterocycles. The smallest absolute Gasteiger partial charge is 0.237 e. The second kappa shape index (κ2) is 7.71. The van der Waals surface area contributed by atoms with Gasteiger partial charge in [0.1, 0.15) is 6.04 Å². The lowest BCUT2D eigenvalue weighted by molar-refractivity contribution is -0.134. The van der Waals surface area contributed by atoms with E-state index in [1.54, 1.807) is 7.05 Å². The van der Waals surface area contributed by atoms with Gasteiger partial charge in [-0.1, -0.05) is 0 Å². The Bertz CT molecular complexity index is 366. The van der Waals surface area contributed by atoms with E-state index in [-0.39, 0.29) is 12.5 Å².